The van der Waals surface area contributed by atoms with Gasteiger partial charge in [-0.05, 0) is 29.0 Å². The zero-order valence-corrected chi connectivity index (χ0v) is 16.3. The van der Waals surface area contributed by atoms with Crippen molar-refractivity contribution in [3.63, 3.8) is 0 Å². The van der Waals surface area contributed by atoms with Crippen molar-refractivity contribution in [1.82, 2.24) is 9.97 Å². The minimum Gasteiger partial charge on any atom is -0.316 e. The third-order valence-corrected chi connectivity index (χ3v) is 6.38. The number of aromatic nitrogens is 2. The Morgan fingerprint density at radius 1 is 1.11 bits per heavy atom. The van der Waals surface area contributed by atoms with Crippen molar-refractivity contribution in [1.29, 1.82) is 5.26 Å². The molecular formula is C19H12N4OS3. The standard InChI is InChI=1S/C19H12N4OS3/c20-10-12-7-9-26-18(12)22-16(24)11-27-19-13-4-1-2-5-14(13)21-17(23-19)15-6-3-8-25-15/h1-9H,11H2,(H,22,24). The van der Waals surface area contributed by atoms with Gasteiger partial charge >= 0.3 is 0 Å². The number of benzene rings is 1. The first kappa shape index (κ1) is 17.7. The van der Waals surface area contributed by atoms with E-state index in [-0.39, 0.29) is 11.7 Å². The number of nitriles is 1. The first-order valence-electron chi connectivity index (χ1n) is 7.95. The van der Waals surface area contributed by atoms with Gasteiger partial charge in [-0.15, -0.1) is 22.7 Å². The number of fused-ring (bicyclic) bond motifs is 1. The van der Waals surface area contributed by atoms with Crippen molar-refractivity contribution in [3.05, 3.63) is 58.8 Å². The summed E-state index contributed by atoms with van der Waals surface area (Å²) in [6.07, 6.45) is 0. The van der Waals surface area contributed by atoms with Gasteiger partial charge in [-0.3, -0.25) is 4.79 Å². The van der Waals surface area contributed by atoms with Crippen molar-refractivity contribution in [2.75, 3.05) is 11.1 Å². The summed E-state index contributed by atoms with van der Waals surface area (Å²) in [6.45, 7) is 0. The average Bonchev–Trinajstić information content (AvgIpc) is 3.37. The molecule has 4 rings (SSSR count). The molecule has 8 heteroatoms. The highest BCUT2D eigenvalue weighted by Gasteiger charge is 2.13. The van der Waals surface area contributed by atoms with E-state index >= 15 is 0 Å². The van der Waals surface area contributed by atoms with Crippen LogP contribution in [0, 0.1) is 11.3 Å². The Morgan fingerprint density at radius 3 is 2.81 bits per heavy atom. The van der Waals surface area contributed by atoms with E-state index in [2.05, 4.69) is 21.4 Å². The van der Waals surface area contributed by atoms with Gasteiger partial charge in [0.1, 0.15) is 16.1 Å². The summed E-state index contributed by atoms with van der Waals surface area (Å²) in [5.74, 6) is 0.698. The zero-order chi connectivity index (χ0) is 18.6. The topological polar surface area (TPSA) is 78.7 Å². The van der Waals surface area contributed by atoms with Crippen molar-refractivity contribution in [3.8, 4) is 16.8 Å². The molecule has 3 aromatic heterocycles. The molecule has 132 valence electrons. The van der Waals surface area contributed by atoms with Gasteiger partial charge in [-0.25, -0.2) is 9.97 Å². The van der Waals surface area contributed by atoms with Gasteiger partial charge in [0.2, 0.25) is 5.91 Å². The molecular weight excluding hydrogens is 396 g/mol. The maximum atomic E-state index is 12.3. The van der Waals surface area contributed by atoms with Crippen molar-refractivity contribution in [2.24, 2.45) is 0 Å². The van der Waals surface area contributed by atoms with Crippen molar-refractivity contribution < 1.29 is 4.79 Å². The number of carbonyl (C=O) groups excluding carboxylic acids is 1. The van der Waals surface area contributed by atoms with Crippen LogP contribution in [0.2, 0.25) is 0 Å². The minimum atomic E-state index is -0.167. The molecule has 0 aliphatic heterocycles. The number of para-hydroxylation sites is 1. The largest absolute Gasteiger partial charge is 0.316 e. The molecule has 1 amide bonds. The molecule has 0 radical (unpaired) electrons. The van der Waals surface area contributed by atoms with E-state index < -0.39 is 0 Å². The number of amides is 1. The Balaban J connectivity index is 1.58. The van der Waals surface area contributed by atoms with E-state index in [4.69, 9.17) is 5.26 Å². The second-order valence-electron chi connectivity index (χ2n) is 5.46. The molecule has 0 atom stereocenters. The Kier molecular flexibility index (Phi) is 5.16. The molecule has 0 fully saturated rings. The zero-order valence-electron chi connectivity index (χ0n) is 13.9. The molecule has 0 spiro atoms. The van der Waals surface area contributed by atoms with Gasteiger partial charge in [0.25, 0.3) is 0 Å². The molecule has 4 aromatic rings. The lowest BCUT2D eigenvalue weighted by atomic mass is 10.2. The van der Waals surface area contributed by atoms with Gasteiger partial charge in [-0.1, -0.05) is 36.0 Å². The summed E-state index contributed by atoms with van der Waals surface area (Å²) in [5.41, 5.74) is 1.33. The van der Waals surface area contributed by atoms with Gasteiger partial charge in [0, 0.05) is 5.39 Å². The fourth-order valence-corrected chi connectivity index (χ4v) is 4.69. The molecule has 1 aromatic carbocycles. The second-order valence-corrected chi connectivity index (χ2v) is 8.29. The van der Waals surface area contributed by atoms with E-state index in [1.807, 2.05) is 41.8 Å². The number of rotatable bonds is 5. The molecule has 0 aliphatic rings. The normalized spacial score (nSPS) is 10.6. The summed E-state index contributed by atoms with van der Waals surface area (Å²) < 4.78 is 0. The molecule has 0 saturated heterocycles. The van der Waals surface area contributed by atoms with Crippen LogP contribution in [0.5, 0.6) is 0 Å². The Morgan fingerprint density at radius 2 is 2.00 bits per heavy atom. The maximum Gasteiger partial charge on any atom is 0.235 e. The number of hydrogen-bond donors (Lipinski definition) is 1. The third-order valence-electron chi connectivity index (χ3n) is 3.69. The lowest BCUT2D eigenvalue weighted by molar-refractivity contribution is -0.113. The summed E-state index contributed by atoms with van der Waals surface area (Å²) in [6, 6.07) is 15.5. The van der Waals surface area contributed by atoms with Crippen LogP contribution >= 0.6 is 34.4 Å². The van der Waals surface area contributed by atoms with Crippen LogP contribution in [-0.2, 0) is 4.79 Å². The maximum absolute atomic E-state index is 12.3. The molecule has 3 heterocycles. The summed E-state index contributed by atoms with van der Waals surface area (Å²) in [4.78, 5) is 22.6. The van der Waals surface area contributed by atoms with Crippen LogP contribution in [0.3, 0.4) is 0 Å². The lowest BCUT2D eigenvalue weighted by Crippen LogP contribution is -2.14. The number of nitrogens with zero attached hydrogens (tertiary/aromatic N) is 3. The third kappa shape index (κ3) is 3.85. The summed E-state index contributed by atoms with van der Waals surface area (Å²) >= 11 is 4.29. The second kappa shape index (κ2) is 7.88. The fraction of sp³-hybridized carbons (Fsp3) is 0.0526. The highest BCUT2D eigenvalue weighted by atomic mass is 32.2. The molecule has 0 unspecified atom stereocenters. The van der Waals surface area contributed by atoms with Crippen LogP contribution < -0.4 is 5.32 Å². The SMILES string of the molecule is N#Cc1ccsc1NC(=O)CSc1nc(-c2cccs2)nc2ccccc12. The Bertz CT molecular complexity index is 1150. The smallest absolute Gasteiger partial charge is 0.235 e. The molecule has 0 bridgehead atoms. The van der Waals surface area contributed by atoms with Crippen LogP contribution in [-0.4, -0.2) is 21.6 Å². The quantitative estimate of drug-likeness (QED) is 0.370. The number of thiophene rings is 2. The van der Waals surface area contributed by atoms with E-state index in [9.17, 15) is 4.79 Å². The average molecular weight is 409 g/mol. The molecule has 0 saturated carbocycles. The van der Waals surface area contributed by atoms with E-state index in [1.54, 1.807) is 22.8 Å². The predicted octanol–water partition coefficient (Wildman–Crippen LogP) is 5.02. The molecule has 5 nitrogen and oxygen atoms in total. The van der Waals surface area contributed by atoms with Crippen molar-refractivity contribution >= 4 is 56.2 Å². The van der Waals surface area contributed by atoms with Crippen LogP contribution in [0.25, 0.3) is 21.6 Å². The summed E-state index contributed by atoms with van der Waals surface area (Å²) in [5, 5.41) is 17.9. The van der Waals surface area contributed by atoms with E-state index in [1.165, 1.54) is 23.1 Å². The van der Waals surface area contributed by atoms with Crippen LogP contribution in [0.15, 0.2) is 58.3 Å². The van der Waals surface area contributed by atoms with Gasteiger partial charge in [0.15, 0.2) is 5.82 Å². The lowest BCUT2D eigenvalue weighted by Gasteiger charge is -2.08. The van der Waals surface area contributed by atoms with Crippen molar-refractivity contribution in [2.45, 2.75) is 5.03 Å². The molecule has 0 aliphatic carbocycles. The fourth-order valence-electron chi connectivity index (χ4n) is 2.46. The Labute approximate surface area is 167 Å². The highest BCUT2D eigenvalue weighted by Crippen LogP contribution is 2.30. The predicted molar refractivity (Wildman–Crippen MR) is 111 cm³/mol. The number of thioether (sulfide) groups is 1. The van der Waals surface area contributed by atoms with E-state index in [0.29, 0.717) is 16.4 Å². The number of nitrogens with one attached hydrogen (secondary N) is 1. The monoisotopic (exact) mass is 408 g/mol. The number of anilines is 1. The minimum absolute atomic E-state index is 0.167. The first-order valence-corrected chi connectivity index (χ1v) is 10.7. The van der Waals surface area contributed by atoms with E-state index in [0.717, 1.165) is 20.8 Å². The van der Waals surface area contributed by atoms with Crippen LogP contribution in [0.4, 0.5) is 5.00 Å². The van der Waals surface area contributed by atoms with Gasteiger partial charge in [-0.2, -0.15) is 5.26 Å². The van der Waals surface area contributed by atoms with Gasteiger partial charge < -0.3 is 5.32 Å². The highest BCUT2D eigenvalue weighted by molar-refractivity contribution is 8.00. The van der Waals surface area contributed by atoms with Crippen LogP contribution in [0.1, 0.15) is 5.56 Å². The molecule has 27 heavy (non-hydrogen) atoms. The number of carbonyl (C=O) groups is 1. The Hall–Kier alpha value is -2.73. The molecule has 1 N–H and O–H groups in total. The summed E-state index contributed by atoms with van der Waals surface area (Å²) in [7, 11) is 0. The van der Waals surface area contributed by atoms with Gasteiger partial charge in [0.05, 0.1) is 21.7 Å². The first-order chi connectivity index (χ1) is 13.2. The number of hydrogen-bond acceptors (Lipinski definition) is 7.